The minimum Gasteiger partial charge on any atom is -0.490 e. The second kappa shape index (κ2) is 6.98. The normalized spacial score (nSPS) is 12.3. The fraction of sp³-hybridized carbons (Fsp3) is 0.143. The van der Waals surface area contributed by atoms with Crippen molar-refractivity contribution in [1.29, 1.82) is 0 Å². The van der Waals surface area contributed by atoms with E-state index < -0.39 is 6.10 Å². The van der Waals surface area contributed by atoms with Crippen molar-refractivity contribution in [2.45, 2.75) is 12.6 Å². The molecule has 1 N–H and O–H groups in total. The topological polar surface area (TPSA) is 64.4 Å². The molecule has 4 rings (SSSR count). The van der Waals surface area contributed by atoms with Crippen molar-refractivity contribution in [1.82, 2.24) is 9.55 Å². The van der Waals surface area contributed by atoms with E-state index in [1.807, 2.05) is 48.5 Å². The van der Waals surface area contributed by atoms with Crippen LogP contribution in [-0.4, -0.2) is 27.4 Å². The third kappa shape index (κ3) is 3.17. The molecule has 0 aliphatic heterocycles. The Balaban J connectivity index is 1.50. The van der Waals surface area contributed by atoms with Crippen LogP contribution in [0.1, 0.15) is 0 Å². The summed E-state index contributed by atoms with van der Waals surface area (Å²) < 4.78 is 7.21. The van der Waals surface area contributed by atoms with E-state index in [9.17, 15) is 9.90 Å². The average Bonchev–Trinajstić information content (AvgIpc) is 2.69. The molecule has 1 aromatic heterocycles. The Bertz CT molecular complexity index is 1120. The number of ether oxygens (including phenoxy) is 1. The van der Waals surface area contributed by atoms with Crippen molar-refractivity contribution in [3.8, 4) is 5.75 Å². The number of hydrogen-bond acceptors (Lipinski definition) is 4. The number of benzene rings is 3. The number of aliphatic hydroxyl groups is 1. The predicted molar refractivity (Wildman–Crippen MR) is 101 cm³/mol. The lowest BCUT2D eigenvalue weighted by molar-refractivity contribution is 0.0922. The predicted octanol–water partition coefficient (Wildman–Crippen LogP) is 2.99. The van der Waals surface area contributed by atoms with Crippen LogP contribution in [0, 0.1) is 0 Å². The number of fused-ring (bicyclic) bond motifs is 2. The van der Waals surface area contributed by atoms with Gasteiger partial charge in [-0.3, -0.25) is 9.36 Å². The standard InChI is InChI=1S/C21H18N2O3/c24-16(12-23-14-22-19-10-4-3-9-18(19)21(23)25)13-26-20-11-5-7-15-6-1-2-8-17(15)20/h1-11,14,16,24H,12-13H2/t16-/m1/s1. The fourth-order valence-electron chi connectivity index (χ4n) is 3.02. The molecule has 0 amide bonds. The van der Waals surface area contributed by atoms with E-state index in [0.717, 1.165) is 10.8 Å². The zero-order chi connectivity index (χ0) is 17.9. The summed E-state index contributed by atoms with van der Waals surface area (Å²) >= 11 is 0. The lowest BCUT2D eigenvalue weighted by atomic mass is 10.1. The summed E-state index contributed by atoms with van der Waals surface area (Å²) in [5.41, 5.74) is 0.482. The van der Waals surface area contributed by atoms with Crippen molar-refractivity contribution in [3.63, 3.8) is 0 Å². The molecule has 0 saturated carbocycles. The summed E-state index contributed by atoms with van der Waals surface area (Å²) in [6, 6.07) is 20.9. The third-order valence-corrected chi connectivity index (χ3v) is 4.32. The monoisotopic (exact) mass is 346 g/mol. The molecule has 130 valence electrons. The van der Waals surface area contributed by atoms with Gasteiger partial charge in [-0.05, 0) is 23.6 Å². The zero-order valence-electron chi connectivity index (χ0n) is 14.1. The molecular weight excluding hydrogens is 328 g/mol. The summed E-state index contributed by atoms with van der Waals surface area (Å²) in [6.45, 7) is 0.217. The molecule has 3 aromatic carbocycles. The molecule has 0 spiro atoms. The Hall–Kier alpha value is -3.18. The van der Waals surface area contributed by atoms with E-state index in [-0.39, 0.29) is 18.7 Å². The molecule has 0 unspecified atom stereocenters. The molecule has 5 nitrogen and oxygen atoms in total. The minimum atomic E-state index is -0.824. The molecule has 0 bridgehead atoms. The van der Waals surface area contributed by atoms with Gasteiger partial charge in [0.2, 0.25) is 0 Å². The van der Waals surface area contributed by atoms with E-state index in [2.05, 4.69) is 4.98 Å². The summed E-state index contributed by atoms with van der Waals surface area (Å²) in [4.78, 5) is 16.7. The third-order valence-electron chi connectivity index (χ3n) is 4.32. The maximum Gasteiger partial charge on any atom is 0.261 e. The molecule has 0 aliphatic rings. The quantitative estimate of drug-likeness (QED) is 0.603. The van der Waals surface area contributed by atoms with Gasteiger partial charge in [0.05, 0.1) is 23.8 Å². The summed E-state index contributed by atoms with van der Waals surface area (Å²) in [5.74, 6) is 0.714. The molecule has 0 saturated heterocycles. The van der Waals surface area contributed by atoms with Gasteiger partial charge in [-0.2, -0.15) is 0 Å². The first kappa shape index (κ1) is 16.3. The van der Waals surface area contributed by atoms with E-state index in [0.29, 0.717) is 16.7 Å². The largest absolute Gasteiger partial charge is 0.490 e. The SMILES string of the molecule is O=c1c2ccccc2ncn1C[C@@H](O)COc1cccc2ccccc12. The Labute approximate surface area is 150 Å². The number of hydrogen-bond donors (Lipinski definition) is 1. The number of rotatable bonds is 5. The molecular formula is C21H18N2O3. The number of aromatic nitrogens is 2. The Morgan fingerprint density at radius 3 is 2.58 bits per heavy atom. The van der Waals surface area contributed by atoms with Crippen molar-refractivity contribution >= 4 is 21.7 Å². The summed E-state index contributed by atoms with van der Waals surface area (Å²) in [6.07, 6.45) is 0.640. The first-order valence-corrected chi connectivity index (χ1v) is 8.45. The highest BCUT2D eigenvalue weighted by molar-refractivity contribution is 5.88. The second-order valence-corrected chi connectivity index (χ2v) is 6.16. The van der Waals surface area contributed by atoms with Gasteiger partial charge in [0.1, 0.15) is 18.5 Å². The highest BCUT2D eigenvalue weighted by atomic mass is 16.5. The fourth-order valence-corrected chi connectivity index (χ4v) is 3.02. The van der Waals surface area contributed by atoms with E-state index in [4.69, 9.17) is 4.74 Å². The van der Waals surface area contributed by atoms with Crippen LogP contribution in [0.3, 0.4) is 0 Å². The molecule has 0 radical (unpaired) electrons. The molecule has 26 heavy (non-hydrogen) atoms. The first-order valence-electron chi connectivity index (χ1n) is 8.45. The van der Waals surface area contributed by atoms with Crippen molar-refractivity contribution in [2.75, 3.05) is 6.61 Å². The van der Waals surface area contributed by atoms with Gasteiger partial charge in [0, 0.05) is 5.39 Å². The highest BCUT2D eigenvalue weighted by Gasteiger charge is 2.11. The van der Waals surface area contributed by atoms with E-state index in [1.165, 1.54) is 10.9 Å². The maximum atomic E-state index is 12.5. The van der Waals surface area contributed by atoms with Crippen LogP contribution >= 0.6 is 0 Å². The van der Waals surface area contributed by atoms with Crippen molar-refractivity contribution in [3.05, 3.63) is 83.4 Å². The zero-order valence-corrected chi connectivity index (χ0v) is 14.1. The van der Waals surface area contributed by atoms with Gasteiger partial charge >= 0.3 is 0 Å². The van der Waals surface area contributed by atoms with Crippen LogP contribution in [0.15, 0.2) is 77.9 Å². The first-order chi connectivity index (χ1) is 12.7. The summed E-state index contributed by atoms with van der Waals surface area (Å²) in [5, 5.41) is 12.9. The van der Waals surface area contributed by atoms with Crippen LogP contribution in [-0.2, 0) is 6.54 Å². The molecule has 0 fully saturated rings. The van der Waals surface area contributed by atoms with Crippen LogP contribution in [0.2, 0.25) is 0 Å². The van der Waals surface area contributed by atoms with Gasteiger partial charge < -0.3 is 9.84 Å². The minimum absolute atomic E-state index is 0.0906. The molecule has 0 aliphatic carbocycles. The molecule has 1 heterocycles. The van der Waals surface area contributed by atoms with Gasteiger partial charge in [-0.15, -0.1) is 0 Å². The Morgan fingerprint density at radius 1 is 0.962 bits per heavy atom. The van der Waals surface area contributed by atoms with Crippen LogP contribution < -0.4 is 10.3 Å². The highest BCUT2D eigenvalue weighted by Crippen LogP contribution is 2.25. The lowest BCUT2D eigenvalue weighted by Crippen LogP contribution is -2.30. The molecule has 1 atom stereocenters. The Kier molecular flexibility index (Phi) is 4.37. The van der Waals surface area contributed by atoms with Crippen LogP contribution in [0.25, 0.3) is 21.7 Å². The van der Waals surface area contributed by atoms with Crippen molar-refractivity contribution in [2.24, 2.45) is 0 Å². The van der Waals surface area contributed by atoms with Crippen LogP contribution in [0.5, 0.6) is 5.75 Å². The average molecular weight is 346 g/mol. The number of nitrogens with zero attached hydrogens (tertiary/aromatic N) is 2. The van der Waals surface area contributed by atoms with Gasteiger partial charge in [-0.1, -0.05) is 48.5 Å². The second-order valence-electron chi connectivity index (χ2n) is 6.16. The van der Waals surface area contributed by atoms with Gasteiger partial charge in [0.25, 0.3) is 5.56 Å². The Morgan fingerprint density at radius 2 is 1.69 bits per heavy atom. The number of aliphatic hydroxyl groups excluding tert-OH is 1. The maximum absolute atomic E-state index is 12.5. The number of para-hydroxylation sites is 1. The van der Waals surface area contributed by atoms with E-state index in [1.54, 1.807) is 18.2 Å². The van der Waals surface area contributed by atoms with Gasteiger partial charge in [-0.25, -0.2) is 4.98 Å². The molecule has 4 aromatic rings. The summed E-state index contributed by atoms with van der Waals surface area (Å²) in [7, 11) is 0. The lowest BCUT2D eigenvalue weighted by Gasteiger charge is -2.15. The van der Waals surface area contributed by atoms with Crippen molar-refractivity contribution < 1.29 is 9.84 Å². The van der Waals surface area contributed by atoms with E-state index >= 15 is 0 Å². The molecule has 5 heteroatoms. The van der Waals surface area contributed by atoms with Gasteiger partial charge in [0.15, 0.2) is 0 Å². The van der Waals surface area contributed by atoms with Crippen LogP contribution in [0.4, 0.5) is 0 Å². The smallest absolute Gasteiger partial charge is 0.261 e.